The molecule has 6 nitrogen and oxygen atoms in total. The van der Waals surface area contributed by atoms with Gasteiger partial charge >= 0.3 is 0 Å². The van der Waals surface area contributed by atoms with Gasteiger partial charge in [0.2, 0.25) is 15.9 Å². The largest absolute Gasteiger partial charge is 0.371 e. The maximum absolute atomic E-state index is 14.1. The second kappa shape index (κ2) is 11.2. The first-order chi connectivity index (χ1) is 15.3. The zero-order valence-corrected chi connectivity index (χ0v) is 20.1. The van der Waals surface area contributed by atoms with Crippen molar-refractivity contribution in [2.75, 3.05) is 37.0 Å². The number of thioether (sulfide) groups is 1. The number of para-hydroxylation sites is 1. The predicted molar refractivity (Wildman–Crippen MR) is 128 cm³/mol. The zero-order valence-electron chi connectivity index (χ0n) is 18.5. The van der Waals surface area contributed by atoms with Crippen LogP contribution in [-0.4, -0.2) is 57.4 Å². The van der Waals surface area contributed by atoms with Crippen LogP contribution in [-0.2, 0) is 21.4 Å². The summed E-state index contributed by atoms with van der Waals surface area (Å²) in [5.41, 5.74) is 2.13. The summed E-state index contributed by atoms with van der Waals surface area (Å²) >= 11 is 1.52. The molecule has 2 aromatic carbocycles. The molecule has 1 saturated heterocycles. The van der Waals surface area contributed by atoms with Crippen molar-refractivity contribution in [3.8, 4) is 0 Å². The second-order valence-corrected chi connectivity index (χ2v) is 10.6. The van der Waals surface area contributed by atoms with E-state index in [1.165, 1.54) is 30.0 Å². The Kier molecular flexibility index (Phi) is 8.56. The van der Waals surface area contributed by atoms with Gasteiger partial charge in [0.25, 0.3) is 0 Å². The highest BCUT2D eigenvalue weighted by molar-refractivity contribution is 7.98. The number of likely N-dealkylation sites (N-methyl/N-ethyl adjacent to an activating group) is 1. The van der Waals surface area contributed by atoms with E-state index < -0.39 is 26.8 Å². The van der Waals surface area contributed by atoms with Gasteiger partial charge in [-0.2, -0.15) is 16.5 Å². The topological polar surface area (TPSA) is 69.7 Å². The summed E-state index contributed by atoms with van der Waals surface area (Å²) in [7, 11) is -2.51. The number of anilines is 1. The fourth-order valence-electron chi connectivity index (χ4n) is 3.89. The van der Waals surface area contributed by atoms with Gasteiger partial charge in [-0.25, -0.2) is 12.8 Å². The van der Waals surface area contributed by atoms with Gasteiger partial charge in [0.1, 0.15) is 16.8 Å². The lowest BCUT2D eigenvalue weighted by molar-refractivity contribution is -0.132. The van der Waals surface area contributed by atoms with Crippen molar-refractivity contribution in [2.24, 2.45) is 0 Å². The van der Waals surface area contributed by atoms with Crippen LogP contribution in [0.25, 0.3) is 0 Å². The van der Waals surface area contributed by atoms with Gasteiger partial charge in [0, 0.05) is 32.4 Å². The van der Waals surface area contributed by atoms with Crippen LogP contribution in [0.1, 0.15) is 24.8 Å². The average Bonchev–Trinajstić information content (AvgIpc) is 3.31. The third-order valence-corrected chi connectivity index (χ3v) is 7.70. The molecule has 1 heterocycles. The number of amides is 1. The Morgan fingerprint density at radius 2 is 1.81 bits per heavy atom. The quantitative estimate of drug-likeness (QED) is 0.565. The first kappa shape index (κ1) is 24.5. The SMILES string of the molecule is CSCCC(NS(=O)(=O)c1ccccc1F)C(=O)N(C)Cc1ccccc1N1CCCC1. The van der Waals surface area contributed by atoms with Crippen molar-refractivity contribution >= 4 is 33.4 Å². The molecule has 1 aliphatic rings. The van der Waals surface area contributed by atoms with E-state index in [9.17, 15) is 17.6 Å². The summed E-state index contributed by atoms with van der Waals surface area (Å²) < 4.78 is 42.2. The molecule has 3 rings (SSSR count). The third-order valence-electron chi connectivity index (χ3n) is 5.55. The number of carbonyl (C=O) groups excluding carboxylic acids is 1. The Bertz CT molecular complexity index is 1030. The number of halogens is 1. The van der Waals surface area contributed by atoms with Crippen molar-refractivity contribution in [1.82, 2.24) is 9.62 Å². The Labute approximate surface area is 194 Å². The molecule has 0 saturated carbocycles. The highest BCUT2D eigenvalue weighted by atomic mass is 32.2. The molecule has 1 amide bonds. The molecule has 1 N–H and O–H groups in total. The van der Waals surface area contributed by atoms with Gasteiger partial charge in [-0.1, -0.05) is 30.3 Å². The first-order valence-corrected chi connectivity index (χ1v) is 13.5. The fraction of sp³-hybridized carbons (Fsp3) is 0.435. The highest BCUT2D eigenvalue weighted by Crippen LogP contribution is 2.26. The standard InChI is InChI=1S/C23H30FN3O3S2/c1-26(17-18-9-3-5-11-21(18)27-14-7-8-15-27)23(28)20(13-16-31-2)25-32(29,30)22-12-6-4-10-19(22)24/h3-6,9-12,20,25H,7-8,13-17H2,1-2H3. The van der Waals surface area contributed by atoms with E-state index in [2.05, 4.69) is 15.7 Å². The second-order valence-electron chi connectivity index (χ2n) is 7.90. The van der Waals surface area contributed by atoms with Crippen molar-refractivity contribution in [3.63, 3.8) is 0 Å². The molecular weight excluding hydrogens is 449 g/mol. The summed E-state index contributed by atoms with van der Waals surface area (Å²) in [6.45, 7) is 2.35. The highest BCUT2D eigenvalue weighted by Gasteiger charge is 2.29. The minimum atomic E-state index is -4.18. The van der Waals surface area contributed by atoms with Crippen LogP contribution in [0.2, 0.25) is 0 Å². The summed E-state index contributed by atoms with van der Waals surface area (Å²) in [6, 6.07) is 12.2. The van der Waals surface area contributed by atoms with Crippen molar-refractivity contribution < 1.29 is 17.6 Å². The maximum atomic E-state index is 14.1. The Balaban J connectivity index is 1.78. The molecule has 32 heavy (non-hydrogen) atoms. The smallest absolute Gasteiger partial charge is 0.244 e. The minimum Gasteiger partial charge on any atom is -0.371 e. The normalized spacial score (nSPS) is 15.0. The van der Waals surface area contributed by atoms with Crippen molar-refractivity contribution in [1.29, 1.82) is 0 Å². The van der Waals surface area contributed by atoms with E-state index in [0.29, 0.717) is 18.7 Å². The fourth-order valence-corrected chi connectivity index (χ4v) is 5.67. The lowest BCUT2D eigenvalue weighted by Gasteiger charge is -2.27. The van der Waals surface area contributed by atoms with Crippen LogP contribution in [0, 0.1) is 5.82 Å². The first-order valence-electron chi connectivity index (χ1n) is 10.7. The molecule has 9 heteroatoms. The van der Waals surface area contributed by atoms with E-state index in [-0.39, 0.29) is 5.91 Å². The van der Waals surface area contributed by atoms with E-state index in [4.69, 9.17) is 0 Å². The van der Waals surface area contributed by atoms with E-state index in [0.717, 1.165) is 43.2 Å². The lowest BCUT2D eigenvalue weighted by Crippen LogP contribution is -2.47. The van der Waals surface area contributed by atoms with Crippen LogP contribution in [0.4, 0.5) is 10.1 Å². The number of sulfonamides is 1. The monoisotopic (exact) mass is 479 g/mol. The van der Waals surface area contributed by atoms with Gasteiger partial charge < -0.3 is 9.80 Å². The van der Waals surface area contributed by atoms with E-state index >= 15 is 0 Å². The third kappa shape index (κ3) is 6.02. The van der Waals surface area contributed by atoms with Crippen LogP contribution in [0.5, 0.6) is 0 Å². The molecule has 0 radical (unpaired) electrons. The molecule has 0 aromatic heterocycles. The predicted octanol–water partition coefficient (Wildman–Crippen LogP) is 3.48. The molecule has 1 aliphatic heterocycles. The van der Waals surface area contributed by atoms with E-state index in [1.807, 2.05) is 24.5 Å². The summed E-state index contributed by atoms with van der Waals surface area (Å²) in [6.07, 6.45) is 4.50. The molecule has 0 bridgehead atoms. The number of hydrogen-bond acceptors (Lipinski definition) is 5. The van der Waals surface area contributed by atoms with Gasteiger partial charge in [-0.05, 0) is 55.0 Å². The summed E-state index contributed by atoms with van der Waals surface area (Å²) in [5, 5.41) is 0. The maximum Gasteiger partial charge on any atom is 0.244 e. The summed E-state index contributed by atoms with van der Waals surface area (Å²) in [5.74, 6) is -0.590. The number of rotatable bonds is 10. The van der Waals surface area contributed by atoms with Crippen LogP contribution >= 0.6 is 11.8 Å². The average molecular weight is 480 g/mol. The molecule has 0 spiro atoms. The molecule has 1 atom stereocenters. The number of hydrogen-bond donors (Lipinski definition) is 1. The Morgan fingerprint density at radius 3 is 2.50 bits per heavy atom. The zero-order chi connectivity index (χ0) is 23.1. The Hall–Kier alpha value is -2.10. The van der Waals surface area contributed by atoms with Gasteiger partial charge in [0.05, 0.1) is 0 Å². The van der Waals surface area contributed by atoms with Crippen molar-refractivity contribution in [2.45, 2.75) is 36.7 Å². The van der Waals surface area contributed by atoms with Crippen LogP contribution < -0.4 is 9.62 Å². The number of nitrogens with one attached hydrogen (secondary N) is 1. The van der Waals surface area contributed by atoms with Gasteiger partial charge in [-0.15, -0.1) is 0 Å². The molecule has 1 fully saturated rings. The Morgan fingerprint density at radius 1 is 1.16 bits per heavy atom. The van der Waals surface area contributed by atoms with Crippen LogP contribution in [0.15, 0.2) is 53.4 Å². The number of carbonyl (C=O) groups is 1. The number of benzene rings is 2. The molecule has 174 valence electrons. The molecule has 1 unspecified atom stereocenters. The van der Waals surface area contributed by atoms with Crippen molar-refractivity contribution in [3.05, 3.63) is 59.9 Å². The number of nitrogens with zero attached hydrogens (tertiary/aromatic N) is 2. The lowest BCUT2D eigenvalue weighted by atomic mass is 10.1. The van der Waals surface area contributed by atoms with Crippen LogP contribution in [0.3, 0.4) is 0 Å². The minimum absolute atomic E-state index is 0.311. The van der Waals surface area contributed by atoms with E-state index in [1.54, 1.807) is 11.9 Å². The van der Waals surface area contributed by atoms with Gasteiger partial charge in [-0.3, -0.25) is 4.79 Å². The molecular formula is C23H30FN3O3S2. The molecule has 2 aromatic rings. The van der Waals surface area contributed by atoms with Gasteiger partial charge in [0.15, 0.2) is 0 Å². The molecule has 0 aliphatic carbocycles. The summed E-state index contributed by atoms with van der Waals surface area (Å²) in [4.78, 5) is 16.7.